The first kappa shape index (κ1) is 25.8. The van der Waals surface area contributed by atoms with E-state index in [-0.39, 0.29) is 27.5 Å². The van der Waals surface area contributed by atoms with E-state index in [9.17, 15) is 13.2 Å². The molecule has 0 bridgehead atoms. The van der Waals surface area contributed by atoms with Crippen LogP contribution in [-0.2, 0) is 26.8 Å². The minimum atomic E-state index is -3.90. The van der Waals surface area contributed by atoms with Gasteiger partial charge in [-0.2, -0.15) is 0 Å². The van der Waals surface area contributed by atoms with Crippen LogP contribution in [-0.4, -0.2) is 21.4 Å². The summed E-state index contributed by atoms with van der Waals surface area (Å²) in [7, 11) is -2.43. The fourth-order valence-electron chi connectivity index (χ4n) is 3.63. The number of aryl methyl sites for hydroxylation is 2. The maximum Gasteiger partial charge on any atom is 0.340 e. The van der Waals surface area contributed by atoms with Crippen LogP contribution < -0.4 is 4.31 Å². The Balaban J connectivity index is 1.85. The average Bonchev–Trinajstić information content (AvgIpc) is 2.77. The van der Waals surface area contributed by atoms with E-state index in [2.05, 4.69) is 32.9 Å². The molecule has 180 valence electrons. The highest BCUT2D eigenvalue weighted by Gasteiger charge is 2.24. The lowest BCUT2D eigenvalue weighted by Crippen LogP contribution is -2.26. The van der Waals surface area contributed by atoms with Crippen molar-refractivity contribution in [2.24, 2.45) is 0 Å². The van der Waals surface area contributed by atoms with Crippen LogP contribution in [0.4, 0.5) is 5.69 Å². The second kappa shape index (κ2) is 9.80. The van der Waals surface area contributed by atoms with Crippen molar-refractivity contribution in [3.8, 4) is 0 Å². The molecule has 7 heteroatoms. The van der Waals surface area contributed by atoms with Gasteiger partial charge < -0.3 is 4.74 Å². The first-order valence-corrected chi connectivity index (χ1v) is 12.8. The zero-order valence-electron chi connectivity index (χ0n) is 20.3. The highest BCUT2D eigenvalue weighted by atomic mass is 35.5. The molecule has 0 amide bonds. The van der Waals surface area contributed by atoms with E-state index in [0.717, 1.165) is 21.0 Å². The third kappa shape index (κ3) is 5.45. The third-order valence-electron chi connectivity index (χ3n) is 5.85. The molecule has 0 atom stereocenters. The van der Waals surface area contributed by atoms with E-state index >= 15 is 0 Å². The predicted octanol–water partition coefficient (Wildman–Crippen LogP) is 6.44. The zero-order valence-corrected chi connectivity index (χ0v) is 21.9. The maximum atomic E-state index is 13.1. The van der Waals surface area contributed by atoms with Crippen LogP contribution in [0.15, 0.2) is 65.6 Å². The van der Waals surface area contributed by atoms with E-state index in [1.807, 2.05) is 13.8 Å². The smallest absolute Gasteiger partial charge is 0.340 e. The van der Waals surface area contributed by atoms with Crippen LogP contribution in [0.5, 0.6) is 0 Å². The second-order valence-electron chi connectivity index (χ2n) is 9.36. The summed E-state index contributed by atoms with van der Waals surface area (Å²) in [5.74, 6) is -0.678. The van der Waals surface area contributed by atoms with Crippen LogP contribution in [0.2, 0.25) is 5.02 Å². The molecule has 0 saturated heterocycles. The topological polar surface area (TPSA) is 63.7 Å². The Morgan fingerprint density at radius 2 is 1.56 bits per heavy atom. The van der Waals surface area contributed by atoms with E-state index in [1.54, 1.807) is 30.3 Å². The molecule has 0 radical (unpaired) electrons. The number of carbonyl (C=O) groups excluding carboxylic acids is 1. The number of hydrogen-bond acceptors (Lipinski definition) is 4. The van der Waals surface area contributed by atoms with Gasteiger partial charge in [0.2, 0.25) is 0 Å². The number of rotatable bonds is 6. The number of para-hydroxylation sites is 1. The van der Waals surface area contributed by atoms with Crippen LogP contribution in [0.1, 0.15) is 53.4 Å². The van der Waals surface area contributed by atoms with Gasteiger partial charge in [-0.05, 0) is 71.8 Å². The molecule has 0 saturated carbocycles. The fourth-order valence-corrected chi connectivity index (χ4v) is 5.04. The fraction of sp³-hybridized carbons (Fsp3) is 0.296. The number of ether oxygens (including phenoxy) is 1. The minimum absolute atomic E-state index is 0.00539. The van der Waals surface area contributed by atoms with Crippen molar-refractivity contribution in [2.75, 3.05) is 11.4 Å². The summed E-state index contributed by atoms with van der Waals surface area (Å²) >= 11 is 6.24. The van der Waals surface area contributed by atoms with E-state index in [0.29, 0.717) is 5.69 Å². The number of benzene rings is 3. The van der Waals surface area contributed by atoms with Gasteiger partial charge in [0.25, 0.3) is 10.0 Å². The van der Waals surface area contributed by atoms with Crippen LogP contribution >= 0.6 is 11.6 Å². The number of nitrogens with zero attached hydrogens (tertiary/aromatic N) is 1. The van der Waals surface area contributed by atoms with Gasteiger partial charge in [0, 0.05) is 7.05 Å². The molecular formula is C27H30ClNO4S. The number of halogens is 1. The van der Waals surface area contributed by atoms with Gasteiger partial charge in [-0.25, -0.2) is 13.2 Å². The van der Waals surface area contributed by atoms with Crippen LogP contribution in [0.3, 0.4) is 0 Å². The summed E-state index contributed by atoms with van der Waals surface area (Å²) < 4.78 is 33.0. The molecule has 0 heterocycles. The Morgan fingerprint density at radius 3 is 2.12 bits per heavy atom. The molecule has 3 aromatic carbocycles. The Labute approximate surface area is 207 Å². The summed E-state index contributed by atoms with van der Waals surface area (Å²) in [5, 5.41) is 0.128. The van der Waals surface area contributed by atoms with Crippen molar-refractivity contribution in [2.45, 2.75) is 51.5 Å². The summed E-state index contributed by atoms with van der Waals surface area (Å²) in [5.41, 5.74) is 4.72. The molecule has 5 nitrogen and oxygen atoms in total. The van der Waals surface area contributed by atoms with E-state index in [1.165, 1.54) is 30.8 Å². The largest absolute Gasteiger partial charge is 0.457 e. The summed E-state index contributed by atoms with van der Waals surface area (Å²) in [6.07, 6.45) is 0. The summed E-state index contributed by atoms with van der Waals surface area (Å²) in [6, 6.07) is 17.0. The monoisotopic (exact) mass is 499 g/mol. The normalized spacial score (nSPS) is 11.9. The van der Waals surface area contributed by atoms with Gasteiger partial charge in [-0.3, -0.25) is 4.31 Å². The Morgan fingerprint density at radius 1 is 0.971 bits per heavy atom. The Kier molecular flexibility index (Phi) is 7.44. The first-order chi connectivity index (χ1) is 15.8. The Bertz CT molecular complexity index is 1290. The van der Waals surface area contributed by atoms with Crippen LogP contribution in [0, 0.1) is 13.8 Å². The minimum Gasteiger partial charge on any atom is -0.457 e. The SMILES string of the molecule is Cc1cc(C(C)(C)C)cc(C)c1COC(=O)c1cc(S(=O)(=O)N(C)c2ccccc2)ccc1Cl. The molecule has 0 unspecified atom stereocenters. The second-order valence-corrected chi connectivity index (χ2v) is 11.7. The number of hydrogen-bond donors (Lipinski definition) is 0. The number of anilines is 1. The lowest BCUT2D eigenvalue weighted by molar-refractivity contribution is 0.0471. The van der Waals surface area contributed by atoms with Crippen LogP contribution in [0.25, 0.3) is 0 Å². The van der Waals surface area contributed by atoms with Gasteiger partial charge >= 0.3 is 5.97 Å². The molecular weight excluding hydrogens is 470 g/mol. The summed E-state index contributed by atoms with van der Waals surface area (Å²) in [4.78, 5) is 12.8. The molecule has 0 spiro atoms. The van der Waals surface area contributed by atoms with E-state index in [4.69, 9.17) is 16.3 Å². The molecule has 0 fully saturated rings. The number of sulfonamides is 1. The first-order valence-electron chi connectivity index (χ1n) is 10.9. The molecule has 3 rings (SSSR count). The molecule has 34 heavy (non-hydrogen) atoms. The van der Waals surface area contributed by atoms with Crippen molar-refractivity contribution in [1.82, 2.24) is 0 Å². The average molecular weight is 500 g/mol. The van der Waals surface area contributed by atoms with Crippen molar-refractivity contribution in [1.29, 1.82) is 0 Å². The third-order valence-corrected chi connectivity index (χ3v) is 7.96. The van der Waals surface area contributed by atoms with Gasteiger partial charge in [0.1, 0.15) is 6.61 Å². The van der Waals surface area contributed by atoms with Crippen molar-refractivity contribution in [3.63, 3.8) is 0 Å². The molecule has 0 aliphatic carbocycles. The van der Waals surface area contributed by atoms with Crippen molar-refractivity contribution < 1.29 is 17.9 Å². The molecule has 0 aliphatic rings. The van der Waals surface area contributed by atoms with Crippen molar-refractivity contribution >= 4 is 33.3 Å². The molecule has 0 N–H and O–H groups in total. The number of carbonyl (C=O) groups is 1. The van der Waals surface area contributed by atoms with Crippen molar-refractivity contribution in [3.05, 3.63) is 93.5 Å². The molecule has 0 aromatic heterocycles. The van der Waals surface area contributed by atoms with E-state index < -0.39 is 16.0 Å². The van der Waals surface area contributed by atoms with Gasteiger partial charge in [0.05, 0.1) is 21.2 Å². The van der Waals surface area contributed by atoms with Gasteiger partial charge in [0.15, 0.2) is 0 Å². The highest BCUT2D eigenvalue weighted by molar-refractivity contribution is 7.92. The summed E-state index contributed by atoms with van der Waals surface area (Å²) in [6.45, 7) is 10.5. The van der Waals surface area contributed by atoms with Gasteiger partial charge in [-0.15, -0.1) is 0 Å². The predicted molar refractivity (Wildman–Crippen MR) is 137 cm³/mol. The Hall–Kier alpha value is -2.83. The standard InChI is InChI=1S/C27H30ClNO4S/c1-18-14-20(27(3,4)5)15-19(2)24(18)17-33-26(30)23-16-22(12-13-25(23)28)34(31,32)29(6)21-10-8-7-9-11-21/h7-16H,17H2,1-6H3. The molecule has 0 aliphatic heterocycles. The highest BCUT2D eigenvalue weighted by Crippen LogP contribution is 2.29. The lowest BCUT2D eigenvalue weighted by atomic mass is 9.84. The molecule has 3 aromatic rings. The zero-order chi connectivity index (χ0) is 25.3. The maximum absolute atomic E-state index is 13.1. The lowest BCUT2D eigenvalue weighted by Gasteiger charge is -2.22. The quantitative estimate of drug-likeness (QED) is 0.366. The number of esters is 1. The van der Waals surface area contributed by atoms with Gasteiger partial charge in [-0.1, -0.05) is 62.7 Å².